The van der Waals surface area contributed by atoms with Crippen molar-refractivity contribution >= 4 is 50.5 Å². The second kappa shape index (κ2) is 14.6. The first-order valence-electron chi connectivity index (χ1n) is 12.9. The maximum absolute atomic E-state index is 13.1. The van der Waals surface area contributed by atoms with Gasteiger partial charge in [-0.05, 0) is 73.1 Å². The number of carbonyl (C=O) groups excluding carboxylic acids is 1. The van der Waals surface area contributed by atoms with Gasteiger partial charge >= 0.3 is 0 Å². The normalized spacial score (nSPS) is 16.0. The molecule has 0 atom stereocenters. The van der Waals surface area contributed by atoms with Crippen LogP contribution in [0.4, 0.5) is 0 Å². The third-order valence-corrected chi connectivity index (χ3v) is 8.66. The van der Waals surface area contributed by atoms with Crippen molar-refractivity contribution in [3.05, 3.63) is 58.0 Å². The van der Waals surface area contributed by atoms with Crippen molar-refractivity contribution in [1.29, 1.82) is 0 Å². The number of thioether (sulfide) groups is 1. The van der Waals surface area contributed by atoms with Crippen LogP contribution in [0.1, 0.15) is 64.4 Å². The Balaban J connectivity index is 1.73. The van der Waals surface area contributed by atoms with Crippen molar-refractivity contribution in [2.75, 3.05) is 20.3 Å². The van der Waals surface area contributed by atoms with Crippen LogP contribution in [-0.4, -0.2) is 44.7 Å². The highest BCUT2D eigenvalue weighted by Crippen LogP contribution is 2.35. The molecule has 0 spiro atoms. The van der Waals surface area contributed by atoms with Crippen LogP contribution in [0.15, 0.2) is 56.7 Å². The number of hydrogen-bond donors (Lipinski definition) is 0. The molecule has 0 bridgehead atoms. The van der Waals surface area contributed by atoms with Crippen LogP contribution < -0.4 is 9.47 Å². The summed E-state index contributed by atoms with van der Waals surface area (Å²) >= 11 is 6.90. The van der Waals surface area contributed by atoms with Gasteiger partial charge in [0.1, 0.15) is 0 Å². The largest absolute Gasteiger partial charge is 0.493 e. The van der Waals surface area contributed by atoms with Crippen molar-refractivity contribution in [2.24, 2.45) is 4.40 Å². The van der Waals surface area contributed by atoms with Gasteiger partial charge in [-0.3, -0.25) is 9.69 Å². The molecule has 2 aromatic carbocycles. The van der Waals surface area contributed by atoms with Gasteiger partial charge in [-0.15, -0.1) is 4.40 Å². The highest BCUT2D eigenvalue weighted by atomic mass is 35.5. The first-order valence-corrected chi connectivity index (χ1v) is 15.5. The minimum Gasteiger partial charge on any atom is -0.493 e. The molecular weight excluding hydrogens is 544 g/mol. The maximum atomic E-state index is 13.1. The Morgan fingerprint density at radius 2 is 1.66 bits per heavy atom. The number of unbranched alkanes of at least 4 members (excludes halogenated alkanes) is 6. The van der Waals surface area contributed by atoms with E-state index in [1.54, 1.807) is 26.2 Å². The number of hydrogen-bond acceptors (Lipinski definition) is 6. The average Bonchev–Trinajstić information content (AvgIpc) is 3.18. The van der Waals surface area contributed by atoms with Crippen LogP contribution in [0.3, 0.4) is 0 Å². The smallest absolute Gasteiger partial charge is 0.284 e. The Kier molecular flexibility index (Phi) is 11.6. The summed E-state index contributed by atoms with van der Waals surface area (Å²) in [5.74, 6) is 0.922. The first-order chi connectivity index (χ1) is 18.3. The number of nitrogens with zero attached hydrogens (tertiary/aromatic N) is 2. The van der Waals surface area contributed by atoms with Crippen molar-refractivity contribution in [3.63, 3.8) is 0 Å². The SMILES string of the molecule is CCCCCCCCCOc1cc(C=C2SC(=NS(=O)(=O)c3ccc(Cl)cc3)N(CC)C2=O)ccc1OC. The lowest BCUT2D eigenvalue weighted by molar-refractivity contribution is -0.122. The molecule has 0 unspecified atom stereocenters. The molecule has 38 heavy (non-hydrogen) atoms. The molecule has 1 amide bonds. The molecule has 2 aromatic rings. The number of methoxy groups -OCH3 is 1. The highest BCUT2D eigenvalue weighted by Gasteiger charge is 2.34. The molecule has 0 radical (unpaired) electrons. The standard InChI is InChI=1S/C28H35ClN2O5S2/c1-4-6-7-8-9-10-11-18-36-25-19-21(12-17-24(25)35-3)20-26-27(32)31(5-2)28(37-26)30-38(33,34)23-15-13-22(29)14-16-23/h12-17,19-20H,4-11,18H2,1-3H3. The van der Waals surface area contributed by atoms with Crippen molar-refractivity contribution in [1.82, 2.24) is 4.90 Å². The molecule has 1 heterocycles. The number of sulfonamides is 1. The first kappa shape index (κ1) is 30.1. The van der Waals surface area contributed by atoms with Crippen molar-refractivity contribution in [3.8, 4) is 11.5 Å². The summed E-state index contributed by atoms with van der Waals surface area (Å²) in [5.41, 5.74) is 0.745. The summed E-state index contributed by atoms with van der Waals surface area (Å²) < 4.78 is 41.1. The second-order valence-electron chi connectivity index (χ2n) is 8.84. The third kappa shape index (κ3) is 8.25. The number of ether oxygens (including phenoxy) is 2. The van der Waals surface area contributed by atoms with Crippen LogP contribution in [0.25, 0.3) is 6.08 Å². The molecular formula is C28H35ClN2O5S2. The van der Waals surface area contributed by atoms with E-state index in [0.29, 0.717) is 28.0 Å². The number of likely N-dealkylation sites (N-methyl/N-ethyl adjacent to an activating group) is 1. The van der Waals surface area contributed by atoms with E-state index >= 15 is 0 Å². The summed E-state index contributed by atoms with van der Waals surface area (Å²) in [4.78, 5) is 14.8. The van der Waals surface area contributed by atoms with Gasteiger partial charge in [-0.25, -0.2) is 0 Å². The minimum atomic E-state index is -4.01. The van der Waals surface area contributed by atoms with Gasteiger partial charge in [0.25, 0.3) is 15.9 Å². The van der Waals surface area contributed by atoms with E-state index in [1.807, 2.05) is 12.1 Å². The van der Waals surface area contributed by atoms with Gasteiger partial charge in [0.15, 0.2) is 16.7 Å². The quantitative estimate of drug-likeness (QED) is 0.175. The van der Waals surface area contributed by atoms with Gasteiger partial charge in [0, 0.05) is 11.6 Å². The molecule has 1 fully saturated rings. The molecule has 1 aliphatic rings. The fraction of sp³-hybridized carbons (Fsp3) is 0.429. The summed E-state index contributed by atoms with van der Waals surface area (Å²) in [6, 6.07) is 11.2. The summed E-state index contributed by atoms with van der Waals surface area (Å²) in [5, 5.41) is 0.537. The van der Waals surface area contributed by atoms with Crippen LogP contribution in [0, 0.1) is 0 Å². The predicted octanol–water partition coefficient (Wildman–Crippen LogP) is 7.16. The number of benzene rings is 2. The van der Waals surface area contributed by atoms with Gasteiger partial charge < -0.3 is 9.47 Å². The predicted molar refractivity (Wildman–Crippen MR) is 156 cm³/mol. The van der Waals surface area contributed by atoms with E-state index in [4.69, 9.17) is 21.1 Å². The van der Waals surface area contributed by atoms with Gasteiger partial charge in [-0.2, -0.15) is 8.42 Å². The van der Waals surface area contributed by atoms with Crippen LogP contribution in [0.2, 0.25) is 5.02 Å². The van der Waals surface area contributed by atoms with E-state index in [9.17, 15) is 13.2 Å². The number of rotatable bonds is 14. The highest BCUT2D eigenvalue weighted by molar-refractivity contribution is 8.19. The Morgan fingerprint density at radius 1 is 0.974 bits per heavy atom. The molecule has 206 valence electrons. The van der Waals surface area contributed by atoms with E-state index in [-0.39, 0.29) is 22.5 Å². The molecule has 10 heteroatoms. The fourth-order valence-electron chi connectivity index (χ4n) is 3.91. The Morgan fingerprint density at radius 3 is 2.32 bits per heavy atom. The molecule has 0 aliphatic carbocycles. The van der Waals surface area contributed by atoms with Crippen LogP contribution >= 0.6 is 23.4 Å². The average molecular weight is 579 g/mol. The van der Waals surface area contributed by atoms with Gasteiger partial charge in [0.2, 0.25) is 0 Å². The number of carbonyl (C=O) groups is 1. The molecule has 0 saturated carbocycles. The second-order valence-corrected chi connectivity index (χ2v) is 11.9. The van der Waals surface area contributed by atoms with Crippen molar-refractivity contribution < 1.29 is 22.7 Å². The summed E-state index contributed by atoms with van der Waals surface area (Å²) in [6.45, 7) is 4.86. The zero-order chi connectivity index (χ0) is 27.5. The van der Waals surface area contributed by atoms with Crippen molar-refractivity contribution in [2.45, 2.75) is 63.7 Å². The number of amidine groups is 1. The van der Waals surface area contributed by atoms with E-state index in [0.717, 1.165) is 30.2 Å². The maximum Gasteiger partial charge on any atom is 0.284 e. The summed E-state index contributed by atoms with van der Waals surface area (Å²) in [6.07, 6.45) is 10.1. The molecule has 1 saturated heterocycles. The van der Waals surface area contributed by atoms with Crippen LogP contribution in [0.5, 0.6) is 11.5 Å². The molecule has 7 nitrogen and oxygen atoms in total. The lowest BCUT2D eigenvalue weighted by Gasteiger charge is -2.12. The molecule has 3 rings (SSSR count). The zero-order valence-corrected chi connectivity index (χ0v) is 24.5. The molecule has 0 aromatic heterocycles. The Labute approximate surface area is 235 Å². The lowest BCUT2D eigenvalue weighted by Crippen LogP contribution is -2.29. The zero-order valence-electron chi connectivity index (χ0n) is 22.1. The molecule has 1 aliphatic heterocycles. The van der Waals surface area contributed by atoms with Gasteiger partial charge in [0.05, 0.1) is 23.5 Å². The summed E-state index contributed by atoms with van der Waals surface area (Å²) in [7, 11) is -2.42. The molecule has 0 N–H and O–H groups in total. The van der Waals surface area contributed by atoms with E-state index < -0.39 is 10.0 Å². The minimum absolute atomic E-state index is 0.00818. The lowest BCUT2D eigenvalue weighted by atomic mass is 10.1. The number of amides is 1. The number of halogens is 1. The van der Waals surface area contributed by atoms with E-state index in [1.165, 1.54) is 61.3 Å². The monoisotopic (exact) mass is 578 g/mol. The van der Waals surface area contributed by atoms with E-state index in [2.05, 4.69) is 11.3 Å². The van der Waals surface area contributed by atoms with Crippen LogP contribution in [-0.2, 0) is 14.8 Å². The fourth-order valence-corrected chi connectivity index (χ4v) is 6.28. The Bertz CT molecular complexity index is 1260. The van der Waals surface area contributed by atoms with Gasteiger partial charge in [-0.1, -0.05) is 63.1 Å². The topological polar surface area (TPSA) is 85.3 Å². The Hall–Kier alpha value is -2.49. The third-order valence-electron chi connectivity index (χ3n) is 6.00.